The molecule has 0 atom stereocenters. The Kier molecular flexibility index (Phi) is 1.96. The number of benzene rings is 1. The average molecular weight is 190 g/mol. The van der Waals surface area contributed by atoms with Gasteiger partial charge in [0.1, 0.15) is 0 Å². The van der Waals surface area contributed by atoms with Crippen molar-refractivity contribution in [2.24, 2.45) is 7.05 Å². The zero-order chi connectivity index (χ0) is 10.1. The second-order valence-corrected chi connectivity index (χ2v) is 3.03. The van der Waals surface area contributed by atoms with Crippen LogP contribution in [0.4, 0.5) is 0 Å². The smallest absolute Gasteiger partial charge is 0.338 e. The normalized spacial score (nSPS) is 10.4. The first-order valence-corrected chi connectivity index (χ1v) is 4.23. The molecular formula is C10H10N2O2. The van der Waals surface area contributed by atoms with E-state index in [1.165, 1.54) is 7.11 Å². The maximum Gasteiger partial charge on any atom is 0.338 e. The molecular weight excluding hydrogens is 180 g/mol. The van der Waals surface area contributed by atoms with Crippen LogP contribution in [0.1, 0.15) is 10.4 Å². The van der Waals surface area contributed by atoms with Crippen molar-refractivity contribution < 1.29 is 9.53 Å². The van der Waals surface area contributed by atoms with Crippen molar-refractivity contribution in [2.45, 2.75) is 0 Å². The Morgan fingerprint density at radius 1 is 1.50 bits per heavy atom. The quantitative estimate of drug-likeness (QED) is 0.638. The van der Waals surface area contributed by atoms with E-state index in [0.29, 0.717) is 5.56 Å². The van der Waals surface area contributed by atoms with Gasteiger partial charge in [0.2, 0.25) is 0 Å². The van der Waals surface area contributed by atoms with Crippen molar-refractivity contribution >= 4 is 16.9 Å². The molecule has 0 saturated heterocycles. The van der Waals surface area contributed by atoms with Crippen LogP contribution in [0.2, 0.25) is 0 Å². The predicted molar refractivity (Wildman–Crippen MR) is 52.1 cm³/mol. The number of carbonyl (C=O) groups excluding carboxylic acids is 1. The minimum Gasteiger partial charge on any atom is -0.465 e. The van der Waals surface area contributed by atoms with E-state index >= 15 is 0 Å². The molecule has 0 aliphatic heterocycles. The molecule has 4 heteroatoms. The maximum atomic E-state index is 11.4. The van der Waals surface area contributed by atoms with Crippen LogP contribution in [0.5, 0.6) is 0 Å². The van der Waals surface area contributed by atoms with Gasteiger partial charge in [0.05, 0.1) is 18.2 Å². The Labute approximate surface area is 81.1 Å². The third kappa shape index (κ3) is 1.25. The van der Waals surface area contributed by atoms with E-state index in [2.05, 4.69) is 9.84 Å². The van der Waals surface area contributed by atoms with Gasteiger partial charge in [-0.2, -0.15) is 5.10 Å². The molecule has 1 heterocycles. The molecule has 0 radical (unpaired) electrons. The number of hydrogen-bond donors (Lipinski definition) is 0. The first-order chi connectivity index (χ1) is 6.72. The molecule has 0 aliphatic carbocycles. The second-order valence-electron chi connectivity index (χ2n) is 3.03. The standard InChI is InChI=1S/C10H10N2O2/c1-12-6-8-7(10(13)14-2)4-3-5-9(8)11-12/h3-6H,1-2H3. The highest BCUT2D eigenvalue weighted by molar-refractivity contribution is 6.03. The van der Waals surface area contributed by atoms with Crippen LogP contribution in [-0.2, 0) is 11.8 Å². The van der Waals surface area contributed by atoms with Crippen LogP contribution in [-0.4, -0.2) is 22.9 Å². The monoisotopic (exact) mass is 190 g/mol. The topological polar surface area (TPSA) is 44.1 Å². The second kappa shape index (κ2) is 3.14. The lowest BCUT2D eigenvalue weighted by Gasteiger charge is -1.98. The third-order valence-corrected chi connectivity index (χ3v) is 2.07. The van der Waals surface area contributed by atoms with Crippen molar-refractivity contribution in [3.8, 4) is 0 Å². The summed E-state index contributed by atoms with van der Waals surface area (Å²) in [5, 5.41) is 5.02. The number of aromatic nitrogens is 2. The van der Waals surface area contributed by atoms with Crippen molar-refractivity contribution in [2.75, 3.05) is 7.11 Å². The fraction of sp³-hybridized carbons (Fsp3) is 0.200. The Bertz CT molecular complexity index is 488. The molecule has 0 N–H and O–H groups in total. The highest BCUT2D eigenvalue weighted by atomic mass is 16.5. The summed E-state index contributed by atoms with van der Waals surface area (Å²) in [5.74, 6) is -0.330. The summed E-state index contributed by atoms with van der Waals surface area (Å²) in [4.78, 5) is 11.4. The molecule has 1 aromatic heterocycles. The predicted octanol–water partition coefficient (Wildman–Crippen LogP) is 1.36. The Balaban J connectivity index is 2.70. The number of carbonyl (C=O) groups is 1. The van der Waals surface area contributed by atoms with Gasteiger partial charge in [0.15, 0.2) is 0 Å². The molecule has 0 saturated carbocycles. The Hall–Kier alpha value is -1.84. The number of ether oxygens (including phenoxy) is 1. The lowest BCUT2D eigenvalue weighted by atomic mass is 10.1. The number of fused-ring (bicyclic) bond motifs is 1. The van der Waals surface area contributed by atoms with Crippen molar-refractivity contribution in [3.05, 3.63) is 30.0 Å². The zero-order valence-corrected chi connectivity index (χ0v) is 8.02. The number of esters is 1. The van der Waals surface area contributed by atoms with Gasteiger partial charge in [0.25, 0.3) is 0 Å². The molecule has 2 rings (SSSR count). The number of rotatable bonds is 1. The van der Waals surface area contributed by atoms with Gasteiger partial charge < -0.3 is 4.74 Å². The molecule has 0 unspecified atom stereocenters. The van der Waals surface area contributed by atoms with Gasteiger partial charge in [-0.1, -0.05) is 6.07 Å². The van der Waals surface area contributed by atoms with Crippen LogP contribution in [0.25, 0.3) is 10.9 Å². The summed E-state index contributed by atoms with van der Waals surface area (Å²) < 4.78 is 6.36. The zero-order valence-electron chi connectivity index (χ0n) is 8.02. The van der Waals surface area contributed by atoms with Crippen molar-refractivity contribution in [1.82, 2.24) is 9.78 Å². The van der Waals surface area contributed by atoms with Gasteiger partial charge in [-0.25, -0.2) is 4.79 Å². The first-order valence-electron chi connectivity index (χ1n) is 4.23. The lowest BCUT2D eigenvalue weighted by Crippen LogP contribution is -2.00. The van der Waals surface area contributed by atoms with Crippen LogP contribution in [0.15, 0.2) is 24.4 Å². The van der Waals surface area contributed by atoms with E-state index in [9.17, 15) is 4.79 Å². The first kappa shape index (κ1) is 8.74. The summed E-state index contributed by atoms with van der Waals surface area (Å²) in [6.07, 6.45) is 1.81. The van der Waals surface area contributed by atoms with E-state index in [1.54, 1.807) is 16.8 Å². The van der Waals surface area contributed by atoms with Crippen LogP contribution < -0.4 is 0 Å². The van der Waals surface area contributed by atoms with Gasteiger partial charge in [-0.05, 0) is 12.1 Å². The van der Waals surface area contributed by atoms with Crippen molar-refractivity contribution in [1.29, 1.82) is 0 Å². The van der Waals surface area contributed by atoms with E-state index in [4.69, 9.17) is 0 Å². The number of aryl methyl sites for hydroxylation is 1. The lowest BCUT2D eigenvalue weighted by molar-refractivity contribution is 0.0603. The SMILES string of the molecule is COC(=O)c1cccc2nn(C)cc12. The Morgan fingerprint density at radius 3 is 3.00 bits per heavy atom. The fourth-order valence-electron chi connectivity index (χ4n) is 1.45. The Morgan fingerprint density at radius 2 is 2.29 bits per heavy atom. The summed E-state index contributed by atoms with van der Waals surface area (Å²) >= 11 is 0. The van der Waals surface area contributed by atoms with E-state index in [1.807, 2.05) is 19.3 Å². The van der Waals surface area contributed by atoms with Crippen LogP contribution in [0, 0.1) is 0 Å². The van der Waals surface area contributed by atoms with Gasteiger partial charge >= 0.3 is 5.97 Å². The molecule has 72 valence electrons. The van der Waals surface area contributed by atoms with Gasteiger partial charge in [-0.3, -0.25) is 4.68 Å². The van der Waals surface area contributed by atoms with Gasteiger partial charge in [-0.15, -0.1) is 0 Å². The number of nitrogens with zero attached hydrogens (tertiary/aromatic N) is 2. The summed E-state index contributed by atoms with van der Waals surface area (Å²) in [7, 11) is 3.19. The molecule has 0 aliphatic rings. The number of hydrogen-bond acceptors (Lipinski definition) is 3. The fourth-order valence-corrected chi connectivity index (χ4v) is 1.45. The molecule has 14 heavy (non-hydrogen) atoms. The molecule has 0 bridgehead atoms. The van der Waals surface area contributed by atoms with E-state index in [-0.39, 0.29) is 5.97 Å². The largest absolute Gasteiger partial charge is 0.465 e. The van der Waals surface area contributed by atoms with E-state index in [0.717, 1.165) is 10.9 Å². The van der Waals surface area contributed by atoms with E-state index < -0.39 is 0 Å². The average Bonchev–Trinajstić information content (AvgIpc) is 2.56. The highest BCUT2D eigenvalue weighted by Crippen LogP contribution is 2.17. The molecule has 0 spiro atoms. The summed E-state index contributed by atoms with van der Waals surface area (Å²) in [6, 6.07) is 5.39. The van der Waals surface area contributed by atoms with Gasteiger partial charge in [0, 0.05) is 18.6 Å². The molecule has 0 fully saturated rings. The highest BCUT2D eigenvalue weighted by Gasteiger charge is 2.11. The van der Waals surface area contributed by atoms with Crippen LogP contribution >= 0.6 is 0 Å². The molecule has 4 nitrogen and oxygen atoms in total. The summed E-state index contributed by atoms with van der Waals surface area (Å²) in [5.41, 5.74) is 1.36. The van der Waals surface area contributed by atoms with Crippen molar-refractivity contribution in [3.63, 3.8) is 0 Å². The molecule has 0 amide bonds. The van der Waals surface area contributed by atoms with Crippen LogP contribution in [0.3, 0.4) is 0 Å². The maximum absolute atomic E-state index is 11.4. The minimum atomic E-state index is -0.330. The minimum absolute atomic E-state index is 0.330. The molecule has 1 aromatic carbocycles. The number of methoxy groups -OCH3 is 1. The summed E-state index contributed by atoms with van der Waals surface area (Å²) in [6.45, 7) is 0. The molecule has 2 aromatic rings. The third-order valence-electron chi connectivity index (χ3n) is 2.07.